The molecule has 0 unspecified atom stereocenters. The van der Waals surface area contributed by atoms with Crippen LogP contribution in [0, 0.1) is 5.92 Å². The Hall–Kier alpha value is -1.21. The third-order valence-corrected chi connectivity index (χ3v) is 4.77. The molecule has 0 saturated heterocycles. The minimum Gasteiger partial charge on any atom is -0.368 e. The van der Waals surface area contributed by atoms with Crippen molar-refractivity contribution in [2.45, 2.75) is 43.5 Å². The second-order valence-electron chi connectivity index (χ2n) is 4.86. The van der Waals surface area contributed by atoms with Crippen LogP contribution in [0.3, 0.4) is 0 Å². The number of hydrogen-bond donors (Lipinski definition) is 2. The fourth-order valence-electron chi connectivity index (χ4n) is 2.13. The van der Waals surface area contributed by atoms with Crippen molar-refractivity contribution >= 4 is 16.0 Å². The number of aromatic nitrogens is 2. The fourth-order valence-corrected chi connectivity index (χ4v) is 3.32. The SMILES string of the molecule is CC1CCC(NS(=O)(=O)c2cnc(N)nc2)CC1. The summed E-state index contributed by atoms with van der Waals surface area (Å²) in [5, 5.41) is 0. The van der Waals surface area contributed by atoms with Crippen LogP contribution in [-0.4, -0.2) is 24.4 Å². The Kier molecular flexibility index (Phi) is 3.82. The molecule has 1 aromatic rings. The monoisotopic (exact) mass is 270 g/mol. The summed E-state index contributed by atoms with van der Waals surface area (Å²) < 4.78 is 26.8. The van der Waals surface area contributed by atoms with E-state index in [9.17, 15) is 8.42 Å². The zero-order valence-electron chi connectivity index (χ0n) is 10.3. The molecule has 1 fully saturated rings. The molecule has 0 aliphatic heterocycles. The molecule has 1 aliphatic rings. The Morgan fingerprint density at radius 2 is 1.78 bits per heavy atom. The van der Waals surface area contributed by atoms with E-state index in [1.165, 1.54) is 12.4 Å². The Morgan fingerprint density at radius 3 is 2.33 bits per heavy atom. The van der Waals surface area contributed by atoms with Crippen LogP contribution in [0.15, 0.2) is 17.3 Å². The van der Waals surface area contributed by atoms with Gasteiger partial charge >= 0.3 is 0 Å². The highest BCUT2D eigenvalue weighted by Crippen LogP contribution is 2.24. The number of nitrogen functional groups attached to an aromatic ring is 1. The molecular formula is C11H18N4O2S. The van der Waals surface area contributed by atoms with Crippen molar-refractivity contribution in [2.75, 3.05) is 5.73 Å². The van der Waals surface area contributed by atoms with Crippen molar-refractivity contribution in [3.8, 4) is 0 Å². The average molecular weight is 270 g/mol. The van der Waals surface area contributed by atoms with Crippen LogP contribution < -0.4 is 10.5 Å². The van der Waals surface area contributed by atoms with Gasteiger partial charge in [-0.3, -0.25) is 0 Å². The Labute approximate surface area is 107 Å². The topological polar surface area (TPSA) is 98.0 Å². The second kappa shape index (κ2) is 5.19. The molecule has 6 nitrogen and oxygen atoms in total. The van der Waals surface area contributed by atoms with Gasteiger partial charge in [-0.2, -0.15) is 0 Å². The summed E-state index contributed by atoms with van der Waals surface area (Å²) in [4.78, 5) is 7.46. The Balaban J connectivity index is 2.05. The molecule has 0 aromatic carbocycles. The number of nitrogens with one attached hydrogen (secondary N) is 1. The van der Waals surface area contributed by atoms with Crippen LogP contribution in [-0.2, 0) is 10.0 Å². The lowest BCUT2D eigenvalue weighted by atomic mass is 9.88. The maximum absolute atomic E-state index is 12.1. The number of anilines is 1. The molecule has 1 saturated carbocycles. The van der Waals surface area contributed by atoms with E-state index < -0.39 is 10.0 Å². The highest BCUT2D eigenvalue weighted by molar-refractivity contribution is 7.89. The zero-order valence-corrected chi connectivity index (χ0v) is 11.2. The van der Waals surface area contributed by atoms with Crippen LogP contribution in [0.4, 0.5) is 5.95 Å². The molecule has 0 bridgehead atoms. The number of nitrogens with two attached hydrogens (primary N) is 1. The largest absolute Gasteiger partial charge is 0.368 e. The molecule has 2 rings (SSSR count). The molecule has 3 N–H and O–H groups in total. The second-order valence-corrected chi connectivity index (χ2v) is 6.57. The zero-order chi connectivity index (χ0) is 13.2. The first-order chi connectivity index (χ1) is 8.47. The van der Waals surface area contributed by atoms with Crippen LogP contribution in [0.2, 0.25) is 0 Å². The summed E-state index contributed by atoms with van der Waals surface area (Å²) in [6, 6.07) is 0.0174. The third kappa shape index (κ3) is 3.17. The third-order valence-electron chi connectivity index (χ3n) is 3.30. The van der Waals surface area contributed by atoms with Crippen LogP contribution in [0.5, 0.6) is 0 Å². The van der Waals surface area contributed by atoms with Crippen molar-refractivity contribution in [1.82, 2.24) is 14.7 Å². The predicted molar refractivity (Wildman–Crippen MR) is 68.2 cm³/mol. The number of nitrogens with zero attached hydrogens (tertiary/aromatic N) is 2. The lowest BCUT2D eigenvalue weighted by Gasteiger charge is -2.26. The normalized spacial score (nSPS) is 24.9. The van der Waals surface area contributed by atoms with Gasteiger partial charge in [-0.25, -0.2) is 23.1 Å². The maximum atomic E-state index is 12.1. The highest BCUT2D eigenvalue weighted by Gasteiger charge is 2.24. The number of rotatable bonds is 3. The Bertz CT molecular complexity index is 492. The summed E-state index contributed by atoms with van der Waals surface area (Å²) in [5.74, 6) is 0.756. The van der Waals surface area contributed by atoms with Gasteiger partial charge in [0.15, 0.2) is 0 Å². The van der Waals surface area contributed by atoms with Crippen molar-refractivity contribution in [3.05, 3.63) is 12.4 Å². The number of sulfonamides is 1. The van der Waals surface area contributed by atoms with E-state index in [4.69, 9.17) is 5.73 Å². The quantitative estimate of drug-likeness (QED) is 0.851. The van der Waals surface area contributed by atoms with Crippen molar-refractivity contribution < 1.29 is 8.42 Å². The minimum absolute atomic E-state index is 0.0174. The van der Waals surface area contributed by atoms with Gasteiger partial charge in [0.05, 0.1) is 12.4 Å². The lowest BCUT2D eigenvalue weighted by Crippen LogP contribution is -2.37. The van der Waals surface area contributed by atoms with Gasteiger partial charge < -0.3 is 5.73 Å². The summed E-state index contributed by atoms with van der Waals surface area (Å²) in [7, 11) is -3.52. The minimum atomic E-state index is -3.52. The standard InChI is InChI=1S/C11H18N4O2S/c1-8-2-4-9(5-3-8)15-18(16,17)10-6-13-11(12)14-7-10/h6-9,15H,2-5H2,1H3,(H2,12,13,14). The maximum Gasteiger partial charge on any atom is 0.243 e. The molecule has 100 valence electrons. The van der Waals surface area contributed by atoms with Gasteiger partial charge in [-0.05, 0) is 31.6 Å². The first-order valence-electron chi connectivity index (χ1n) is 6.07. The molecule has 0 spiro atoms. The molecular weight excluding hydrogens is 252 g/mol. The van der Waals surface area contributed by atoms with Gasteiger partial charge in [0, 0.05) is 6.04 Å². The predicted octanol–water partition coefficient (Wildman–Crippen LogP) is 0.916. The summed E-state index contributed by atoms with van der Waals surface area (Å²) in [6.07, 6.45) is 6.36. The van der Waals surface area contributed by atoms with Gasteiger partial charge in [-0.15, -0.1) is 0 Å². The van der Waals surface area contributed by atoms with E-state index in [1.807, 2.05) is 0 Å². The first kappa shape index (κ1) is 13.2. The van der Waals surface area contributed by atoms with Gasteiger partial charge in [0.2, 0.25) is 16.0 Å². The van der Waals surface area contributed by atoms with Crippen molar-refractivity contribution in [1.29, 1.82) is 0 Å². The van der Waals surface area contributed by atoms with Crippen molar-refractivity contribution in [2.24, 2.45) is 5.92 Å². The molecule has 7 heteroatoms. The summed E-state index contributed by atoms with van der Waals surface area (Å²) in [6.45, 7) is 2.19. The Morgan fingerprint density at radius 1 is 1.22 bits per heavy atom. The molecule has 0 amide bonds. The summed E-state index contributed by atoms with van der Waals surface area (Å²) >= 11 is 0. The van der Waals surface area contributed by atoms with E-state index in [0.717, 1.165) is 25.7 Å². The molecule has 1 heterocycles. The van der Waals surface area contributed by atoms with E-state index in [0.29, 0.717) is 5.92 Å². The van der Waals surface area contributed by atoms with E-state index in [1.54, 1.807) is 0 Å². The molecule has 1 aliphatic carbocycles. The van der Waals surface area contributed by atoms with Gasteiger partial charge in [0.1, 0.15) is 4.90 Å². The summed E-state index contributed by atoms with van der Waals surface area (Å²) in [5.41, 5.74) is 5.33. The van der Waals surface area contributed by atoms with Crippen molar-refractivity contribution in [3.63, 3.8) is 0 Å². The molecule has 1 aromatic heterocycles. The van der Waals surface area contributed by atoms with Gasteiger partial charge in [0.25, 0.3) is 0 Å². The van der Waals surface area contributed by atoms with Crippen LogP contribution in [0.1, 0.15) is 32.6 Å². The van der Waals surface area contributed by atoms with E-state index in [-0.39, 0.29) is 16.9 Å². The molecule has 18 heavy (non-hydrogen) atoms. The molecule has 0 radical (unpaired) electrons. The average Bonchev–Trinajstić information content (AvgIpc) is 2.32. The van der Waals surface area contributed by atoms with E-state index in [2.05, 4.69) is 21.6 Å². The van der Waals surface area contributed by atoms with Crippen LogP contribution in [0.25, 0.3) is 0 Å². The fraction of sp³-hybridized carbons (Fsp3) is 0.636. The first-order valence-corrected chi connectivity index (χ1v) is 7.55. The molecule has 0 atom stereocenters. The smallest absolute Gasteiger partial charge is 0.243 e. The van der Waals surface area contributed by atoms with Crippen LogP contribution >= 0.6 is 0 Å². The highest BCUT2D eigenvalue weighted by atomic mass is 32.2. The lowest BCUT2D eigenvalue weighted by molar-refractivity contribution is 0.332. The van der Waals surface area contributed by atoms with Gasteiger partial charge in [-0.1, -0.05) is 6.92 Å². The number of hydrogen-bond acceptors (Lipinski definition) is 5. The van der Waals surface area contributed by atoms with E-state index >= 15 is 0 Å².